The van der Waals surface area contributed by atoms with E-state index in [1.807, 2.05) is 48.4 Å². The number of benzene rings is 1. The van der Waals surface area contributed by atoms with Gasteiger partial charge in [-0.05, 0) is 37.1 Å². The third kappa shape index (κ3) is 6.35. The Morgan fingerprint density at radius 2 is 2.02 bits per heavy atom. The summed E-state index contributed by atoms with van der Waals surface area (Å²) in [5, 5.41) is 12.3. The van der Waals surface area contributed by atoms with Gasteiger partial charge >= 0.3 is 6.03 Å². The number of carbonyl (C=O) groups excluding carboxylic acids is 2. The number of methoxy groups -OCH3 is 1. The zero-order valence-electron chi connectivity index (χ0n) is 22.0. The van der Waals surface area contributed by atoms with Crippen molar-refractivity contribution in [1.82, 2.24) is 30.7 Å². The van der Waals surface area contributed by atoms with Crippen molar-refractivity contribution in [1.29, 1.82) is 0 Å². The normalized spacial score (nSPS) is 18.6. The van der Waals surface area contributed by atoms with Gasteiger partial charge in [0.05, 0.1) is 56.0 Å². The second-order valence-electron chi connectivity index (χ2n) is 9.18. The number of dihydropyridines is 1. The van der Waals surface area contributed by atoms with Crippen molar-refractivity contribution < 1.29 is 19.1 Å². The first-order chi connectivity index (χ1) is 19.6. The van der Waals surface area contributed by atoms with Crippen LogP contribution in [0.15, 0.2) is 82.0 Å². The number of allylic oxidation sites excluding steroid dienone is 1. The van der Waals surface area contributed by atoms with E-state index in [1.54, 1.807) is 24.5 Å². The monoisotopic (exact) mass is 541 g/mol. The fourth-order valence-electron chi connectivity index (χ4n) is 4.63. The Morgan fingerprint density at radius 1 is 1.20 bits per heavy atom. The van der Waals surface area contributed by atoms with E-state index in [1.165, 1.54) is 0 Å². The molecule has 0 bridgehead atoms. The van der Waals surface area contributed by atoms with Crippen LogP contribution in [-0.2, 0) is 20.7 Å². The van der Waals surface area contributed by atoms with E-state index in [9.17, 15) is 9.59 Å². The number of hydrogen-bond donors (Lipinski definition) is 2. The van der Waals surface area contributed by atoms with Gasteiger partial charge in [-0.25, -0.2) is 4.79 Å². The quantitative estimate of drug-likeness (QED) is 0.385. The number of piperazine rings is 1. The van der Waals surface area contributed by atoms with Crippen molar-refractivity contribution in [2.75, 3.05) is 39.9 Å². The molecule has 2 N–H and O–H groups in total. The first-order valence-electron chi connectivity index (χ1n) is 12.9. The fraction of sp³-hybridized carbons (Fsp3) is 0.321. The molecule has 204 valence electrons. The number of rotatable bonds is 8. The molecule has 1 aliphatic carbocycles. The van der Waals surface area contributed by atoms with Gasteiger partial charge in [0.2, 0.25) is 0 Å². The highest BCUT2D eigenvalue weighted by atomic mass is 16.5. The molecule has 12 heteroatoms. The summed E-state index contributed by atoms with van der Waals surface area (Å²) in [6, 6.07) is 11.2. The van der Waals surface area contributed by atoms with Crippen LogP contribution in [0.1, 0.15) is 17.7 Å². The molecule has 12 nitrogen and oxygen atoms in total. The Morgan fingerprint density at radius 3 is 2.75 bits per heavy atom. The van der Waals surface area contributed by atoms with Crippen LogP contribution >= 0.6 is 0 Å². The predicted molar refractivity (Wildman–Crippen MR) is 147 cm³/mol. The number of nitrogens with one attached hydrogen (secondary N) is 2. The van der Waals surface area contributed by atoms with E-state index in [-0.39, 0.29) is 6.04 Å². The number of amides is 2. The topological polar surface area (TPSA) is 129 Å². The molecule has 2 amide bonds. The van der Waals surface area contributed by atoms with Crippen molar-refractivity contribution in [3.8, 4) is 6.07 Å². The summed E-state index contributed by atoms with van der Waals surface area (Å²) >= 11 is 0. The fourth-order valence-corrected chi connectivity index (χ4v) is 4.63. The van der Waals surface area contributed by atoms with Gasteiger partial charge in [0, 0.05) is 24.9 Å². The van der Waals surface area contributed by atoms with E-state index in [2.05, 4.69) is 41.6 Å². The molecule has 5 rings (SSSR count). The second-order valence-corrected chi connectivity index (χ2v) is 9.18. The van der Waals surface area contributed by atoms with E-state index in [0.717, 1.165) is 35.4 Å². The van der Waals surface area contributed by atoms with Crippen molar-refractivity contribution in [3.63, 3.8) is 0 Å². The van der Waals surface area contributed by atoms with Crippen molar-refractivity contribution in [2.45, 2.75) is 18.9 Å². The number of aryl methyl sites for hydroxylation is 1. The van der Waals surface area contributed by atoms with Gasteiger partial charge < -0.3 is 14.4 Å². The standard InChI is InChI=1S/C28H28N8O4/c1-39-25-14-23-24(15-26(25)40-13-5-8-22-18-31-34-32-22)29-17-21(19-37)27(23)35-9-11-36(12-10-35)33-28(38)30-16-20-6-3-2-4-7-20/h2-4,6-7,14-15,17-18,24H,5,8-13H2,1H3,(H-,31,32,33,34,38)/p+1. The van der Waals surface area contributed by atoms with E-state index in [0.29, 0.717) is 49.9 Å². The Labute approximate surface area is 231 Å². The van der Waals surface area contributed by atoms with Gasteiger partial charge in [-0.3, -0.25) is 4.99 Å². The van der Waals surface area contributed by atoms with Gasteiger partial charge in [0.15, 0.2) is 17.6 Å². The van der Waals surface area contributed by atoms with Crippen molar-refractivity contribution >= 4 is 18.2 Å². The number of urea groups is 1. The summed E-state index contributed by atoms with van der Waals surface area (Å²) in [6.07, 6.45) is 8.54. The van der Waals surface area contributed by atoms with Gasteiger partial charge in [0.25, 0.3) is 0 Å². The van der Waals surface area contributed by atoms with Gasteiger partial charge in [-0.2, -0.15) is 20.2 Å². The molecule has 2 aliphatic heterocycles. The zero-order valence-corrected chi connectivity index (χ0v) is 22.0. The molecule has 1 aromatic heterocycles. The summed E-state index contributed by atoms with van der Waals surface area (Å²) in [6.45, 7) is 2.69. The number of hydrazine groups is 1. The third-order valence-corrected chi connectivity index (χ3v) is 6.59. The van der Waals surface area contributed by atoms with Crippen LogP contribution in [0, 0.1) is 6.07 Å². The van der Waals surface area contributed by atoms with Crippen molar-refractivity contribution in [2.24, 2.45) is 4.99 Å². The number of carbonyl (C=O) groups is 1. The molecule has 3 heterocycles. The molecular weight excluding hydrogens is 512 g/mol. The largest absolute Gasteiger partial charge is 0.617 e. The summed E-state index contributed by atoms with van der Waals surface area (Å²) in [5.41, 5.74) is 6.37. The van der Waals surface area contributed by atoms with Crippen molar-refractivity contribution in [3.05, 3.63) is 93.1 Å². The summed E-state index contributed by atoms with van der Waals surface area (Å²) in [7, 11) is 1.58. The molecule has 0 radical (unpaired) electrons. The third-order valence-electron chi connectivity index (χ3n) is 6.59. The minimum Gasteiger partial charge on any atom is -0.493 e. The maximum Gasteiger partial charge on any atom is 0.617 e. The van der Waals surface area contributed by atoms with Gasteiger partial charge in [0.1, 0.15) is 11.5 Å². The molecule has 1 saturated heterocycles. The second kappa shape index (κ2) is 12.7. The smallest absolute Gasteiger partial charge is 0.493 e. The van der Waals surface area contributed by atoms with Crippen LogP contribution in [0.2, 0.25) is 0 Å². The molecule has 1 atom stereocenters. The lowest BCUT2D eigenvalue weighted by molar-refractivity contribution is 0.121. The highest BCUT2D eigenvalue weighted by Crippen LogP contribution is 2.34. The molecule has 0 spiro atoms. The number of fused-ring (bicyclic) bond motifs is 1. The number of aromatic amines is 1. The highest BCUT2D eigenvalue weighted by molar-refractivity contribution is 5.97. The average molecular weight is 542 g/mol. The number of hydrogen-bond acceptors (Lipinski definition) is 9. The molecular formula is C28H29N8O4+. The number of aromatic nitrogens is 3. The average Bonchev–Trinajstić information content (AvgIpc) is 3.52. The minimum atomic E-state index is -0.490. The van der Waals surface area contributed by atoms with Crippen LogP contribution < -0.4 is 5.43 Å². The highest BCUT2D eigenvalue weighted by Gasteiger charge is 2.33. The summed E-state index contributed by atoms with van der Waals surface area (Å²) in [5.74, 6) is 3.20. The maximum absolute atomic E-state index is 12.3. The van der Waals surface area contributed by atoms with E-state index in [4.69, 9.17) is 9.47 Å². The van der Waals surface area contributed by atoms with Crippen LogP contribution in [0.5, 0.6) is 0 Å². The van der Waals surface area contributed by atoms with Gasteiger partial charge in [-0.15, -0.1) is 15.3 Å². The Hall–Kier alpha value is -4.98. The number of ether oxygens (including phenoxy) is 2. The predicted octanol–water partition coefficient (Wildman–Crippen LogP) is 2.27. The summed E-state index contributed by atoms with van der Waals surface area (Å²) < 4.78 is 11.7. The van der Waals surface area contributed by atoms with Gasteiger partial charge in [-0.1, -0.05) is 18.2 Å². The molecule has 1 unspecified atom stereocenters. The Kier molecular flexibility index (Phi) is 8.46. The first kappa shape index (κ1) is 26.6. The molecule has 2 aromatic rings. The lowest BCUT2D eigenvalue weighted by atomic mass is 9.92. The minimum absolute atomic E-state index is 0.322. The molecule has 1 aromatic carbocycles. The SMILES string of the molecule is COC1=CC2=C(N3CCN(NC(=O)[N+]#Cc4ccccc4)CC3)C(=C=O)C=NC2C=C1OCCCc1cn[nH]n1. The van der Waals surface area contributed by atoms with Crippen LogP contribution in [0.25, 0.3) is 4.85 Å². The Balaban J connectivity index is 1.23. The van der Waals surface area contributed by atoms with Crippen LogP contribution in [0.3, 0.4) is 0 Å². The van der Waals surface area contributed by atoms with Crippen LogP contribution in [0.4, 0.5) is 4.79 Å². The lowest BCUT2D eigenvalue weighted by Gasteiger charge is -2.37. The molecule has 3 aliphatic rings. The van der Waals surface area contributed by atoms with Crippen LogP contribution in [-0.4, -0.2) is 89.4 Å². The van der Waals surface area contributed by atoms with E-state index < -0.39 is 6.03 Å². The Bertz CT molecular complexity index is 1450. The maximum atomic E-state index is 12.3. The zero-order chi connectivity index (χ0) is 27.7. The summed E-state index contributed by atoms with van der Waals surface area (Å²) in [4.78, 5) is 34.7. The number of nitrogens with zero attached hydrogens (tertiary/aromatic N) is 6. The first-order valence-corrected chi connectivity index (χ1v) is 12.9. The lowest BCUT2D eigenvalue weighted by Crippen LogP contribution is -2.53. The number of H-pyrrole nitrogens is 1. The molecule has 1 fully saturated rings. The van der Waals surface area contributed by atoms with E-state index >= 15 is 0 Å². The molecule has 0 saturated carbocycles. The number of aliphatic imine (C=N–C) groups is 1. The molecule has 40 heavy (non-hydrogen) atoms.